The molecule has 7 heteroatoms. The summed E-state index contributed by atoms with van der Waals surface area (Å²) in [5, 5.41) is 10.7. The lowest BCUT2D eigenvalue weighted by molar-refractivity contribution is 0.0875. The maximum Gasteiger partial charge on any atom is 0.224 e. The minimum Gasteiger partial charge on any atom is -0.379 e. The summed E-state index contributed by atoms with van der Waals surface area (Å²) in [6.07, 6.45) is 5.74. The first-order valence-electron chi connectivity index (χ1n) is 7.19. The standard InChI is InChI=1S/C14H20N6O/c1-20-12(4-7-17-20)9-16-14-15-6-5-13(19-14)18-11-3-2-8-21-10-11/h4-7,11H,2-3,8-10H2,1H3,(H2,15,16,18,19)/t11-/m0/s1. The lowest BCUT2D eigenvalue weighted by Crippen LogP contribution is -2.30. The van der Waals surface area contributed by atoms with Crippen molar-refractivity contribution in [1.82, 2.24) is 19.7 Å². The molecule has 3 rings (SSSR count). The van der Waals surface area contributed by atoms with E-state index in [9.17, 15) is 0 Å². The van der Waals surface area contributed by atoms with Crippen molar-refractivity contribution in [1.29, 1.82) is 0 Å². The molecule has 21 heavy (non-hydrogen) atoms. The van der Waals surface area contributed by atoms with Crippen molar-refractivity contribution in [3.8, 4) is 0 Å². The highest BCUT2D eigenvalue weighted by Gasteiger charge is 2.14. The summed E-state index contributed by atoms with van der Waals surface area (Å²) >= 11 is 0. The van der Waals surface area contributed by atoms with Crippen LogP contribution >= 0.6 is 0 Å². The van der Waals surface area contributed by atoms with Crippen molar-refractivity contribution in [2.45, 2.75) is 25.4 Å². The molecule has 0 radical (unpaired) electrons. The molecular formula is C14H20N6O. The van der Waals surface area contributed by atoms with E-state index < -0.39 is 0 Å². The van der Waals surface area contributed by atoms with Crippen LogP contribution in [0, 0.1) is 0 Å². The Hall–Kier alpha value is -2.15. The fourth-order valence-corrected chi connectivity index (χ4v) is 2.33. The van der Waals surface area contributed by atoms with Gasteiger partial charge in [-0.2, -0.15) is 10.1 Å². The van der Waals surface area contributed by atoms with Gasteiger partial charge in [-0.3, -0.25) is 4.68 Å². The van der Waals surface area contributed by atoms with Gasteiger partial charge < -0.3 is 15.4 Å². The third kappa shape index (κ3) is 3.69. The summed E-state index contributed by atoms with van der Waals surface area (Å²) in [5.41, 5.74) is 1.08. The Kier molecular flexibility index (Phi) is 4.30. The summed E-state index contributed by atoms with van der Waals surface area (Å²) in [4.78, 5) is 8.72. The maximum absolute atomic E-state index is 5.46. The number of ether oxygens (including phenoxy) is 1. The third-order valence-electron chi connectivity index (χ3n) is 3.52. The minimum absolute atomic E-state index is 0.332. The fourth-order valence-electron chi connectivity index (χ4n) is 2.33. The van der Waals surface area contributed by atoms with Crippen LogP contribution in [-0.4, -0.2) is 39.0 Å². The second-order valence-electron chi connectivity index (χ2n) is 5.12. The highest BCUT2D eigenvalue weighted by Crippen LogP contribution is 2.13. The number of nitrogens with one attached hydrogen (secondary N) is 2. The summed E-state index contributed by atoms with van der Waals surface area (Å²) < 4.78 is 7.29. The minimum atomic E-state index is 0.332. The average Bonchev–Trinajstić information content (AvgIpc) is 2.92. The molecular weight excluding hydrogens is 268 g/mol. The first kappa shape index (κ1) is 13.8. The Labute approximate surface area is 123 Å². The summed E-state index contributed by atoms with van der Waals surface area (Å²) in [6, 6.07) is 4.18. The van der Waals surface area contributed by atoms with Crippen molar-refractivity contribution >= 4 is 11.8 Å². The second kappa shape index (κ2) is 6.53. The molecule has 1 fully saturated rings. The lowest BCUT2D eigenvalue weighted by atomic mass is 10.1. The van der Waals surface area contributed by atoms with Crippen LogP contribution in [0.2, 0.25) is 0 Å². The van der Waals surface area contributed by atoms with E-state index >= 15 is 0 Å². The predicted molar refractivity (Wildman–Crippen MR) is 80.0 cm³/mol. The van der Waals surface area contributed by atoms with E-state index in [1.165, 1.54) is 0 Å². The molecule has 1 aliphatic heterocycles. The zero-order valence-electron chi connectivity index (χ0n) is 12.1. The third-order valence-corrected chi connectivity index (χ3v) is 3.52. The number of aromatic nitrogens is 4. The molecule has 0 unspecified atom stereocenters. The van der Waals surface area contributed by atoms with Gasteiger partial charge in [0.15, 0.2) is 0 Å². The summed E-state index contributed by atoms with van der Waals surface area (Å²) in [7, 11) is 1.92. The highest BCUT2D eigenvalue weighted by atomic mass is 16.5. The molecule has 112 valence electrons. The molecule has 1 atom stereocenters. The topological polar surface area (TPSA) is 76.9 Å². The molecule has 0 aliphatic carbocycles. The van der Waals surface area contributed by atoms with Crippen molar-refractivity contribution < 1.29 is 4.74 Å². The van der Waals surface area contributed by atoms with Crippen LogP contribution in [0.1, 0.15) is 18.5 Å². The van der Waals surface area contributed by atoms with E-state index in [1.807, 2.05) is 23.9 Å². The molecule has 3 heterocycles. The normalized spacial score (nSPS) is 18.4. The molecule has 0 aromatic carbocycles. The summed E-state index contributed by atoms with van der Waals surface area (Å²) in [6.45, 7) is 2.24. The van der Waals surface area contributed by atoms with Crippen molar-refractivity contribution in [2.24, 2.45) is 7.05 Å². The Balaban J connectivity index is 1.58. The van der Waals surface area contributed by atoms with E-state index in [1.54, 1.807) is 12.4 Å². The number of anilines is 2. The summed E-state index contributed by atoms with van der Waals surface area (Å²) in [5.74, 6) is 1.44. The van der Waals surface area contributed by atoms with E-state index in [0.717, 1.165) is 37.6 Å². The maximum atomic E-state index is 5.46. The molecule has 2 aromatic heterocycles. The van der Waals surface area contributed by atoms with Crippen LogP contribution in [0.5, 0.6) is 0 Å². The zero-order valence-corrected chi connectivity index (χ0v) is 12.1. The second-order valence-corrected chi connectivity index (χ2v) is 5.12. The van der Waals surface area contributed by atoms with Gasteiger partial charge >= 0.3 is 0 Å². The van der Waals surface area contributed by atoms with Crippen molar-refractivity contribution in [3.05, 3.63) is 30.2 Å². The van der Waals surface area contributed by atoms with Gasteiger partial charge in [0.05, 0.1) is 24.9 Å². The SMILES string of the molecule is Cn1nccc1CNc1nccc(N[C@H]2CCCOC2)n1. The Bertz CT molecular complexity index is 578. The van der Waals surface area contributed by atoms with Gasteiger partial charge in [-0.25, -0.2) is 4.98 Å². The van der Waals surface area contributed by atoms with Crippen molar-refractivity contribution in [2.75, 3.05) is 23.8 Å². The van der Waals surface area contributed by atoms with Crippen LogP contribution in [0.25, 0.3) is 0 Å². The van der Waals surface area contributed by atoms with Gasteiger partial charge in [0.1, 0.15) is 5.82 Å². The molecule has 7 nitrogen and oxygen atoms in total. The van der Waals surface area contributed by atoms with Gasteiger partial charge in [-0.05, 0) is 25.0 Å². The van der Waals surface area contributed by atoms with Gasteiger partial charge in [0, 0.05) is 26.0 Å². The smallest absolute Gasteiger partial charge is 0.224 e. The fraction of sp³-hybridized carbons (Fsp3) is 0.500. The van der Waals surface area contributed by atoms with E-state index in [-0.39, 0.29) is 0 Å². The van der Waals surface area contributed by atoms with Crippen molar-refractivity contribution in [3.63, 3.8) is 0 Å². The molecule has 0 amide bonds. The predicted octanol–water partition coefficient (Wildman–Crippen LogP) is 1.41. The first-order valence-corrected chi connectivity index (χ1v) is 7.19. The lowest BCUT2D eigenvalue weighted by Gasteiger charge is -2.23. The van der Waals surface area contributed by atoms with Crippen LogP contribution in [-0.2, 0) is 18.3 Å². The van der Waals surface area contributed by atoms with E-state index in [2.05, 4.69) is 25.7 Å². The molecule has 0 bridgehead atoms. The number of nitrogens with zero attached hydrogens (tertiary/aromatic N) is 4. The Morgan fingerprint density at radius 3 is 3.10 bits per heavy atom. The largest absolute Gasteiger partial charge is 0.379 e. The zero-order chi connectivity index (χ0) is 14.5. The Morgan fingerprint density at radius 2 is 2.33 bits per heavy atom. The van der Waals surface area contributed by atoms with Crippen LogP contribution in [0.3, 0.4) is 0 Å². The van der Waals surface area contributed by atoms with Gasteiger partial charge in [0.25, 0.3) is 0 Å². The first-order chi connectivity index (χ1) is 10.3. The Morgan fingerprint density at radius 1 is 1.38 bits per heavy atom. The molecule has 2 aromatic rings. The molecule has 2 N–H and O–H groups in total. The number of hydrogen-bond donors (Lipinski definition) is 2. The number of hydrogen-bond acceptors (Lipinski definition) is 6. The van der Waals surface area contributed by atoms with Gasteiger partial charge in [-0.1, -0.05) is 0 Å². The average molecular weight is 288 g/mol. The van der Waals surface area contributed by atoms with E-state index in [0.29, 0.717) is 18.5 Å². The van der Waals surface area contributed by atoms with Crippen LogP contribution in [0.15, 0.2) is 24.5 Å². The van der Waals surface area contributed by atoms with Gasteiger partial charge in [0.2, 0.25) is 5.95 Å². The molecule has 1 aliphatic rings. The van der Waals surface area contributed by atoms with Crippen LogP contribution < -0.4 is 10.6 Å². The number of aryl methyl sites for hydroxylation is 1. The molecule has 0 spiro atoms. The molecule has 1 saturated heterocycles. The highest BCUT2D eigenvalue weighted by molar-refractivity contribution is 5.40. The van der Waals surface area contributed by atoms with Crippen LogP contribution in [0.4, 0.5) is 11.8 Å². The van der Waals surface area contributed by atoms with E-state index in [4.69, 9.17) is 4.74 Å². The number of rotatable bonds is 5. The quantitative estimate of drug-likeness (QED) is 0.866. The molecule has 0 saturated carbocycles. The monoisotopic (exact) mass is 288 g/mol. The van der Waals surface area contributed by atoms with Gasteiger partial charge in [-0.15, -0.1) is 0 Å².